The van der Waals surface area contributed by atoms with Crippen LogP contribution in [0.3, 0.4) is 0 Å². The minimum Gasteiger partial charge on any atom is -0.496 e. The fourth-order valence-electron chi connectivity index (χ4n) is 2.20. The van der Waals surface area contributed by atoms with E-state index in [2.05, 4.69) is 6.92 Å². The average molecular weight is 268 g/mol. The van der Waals surface area contributed by atoms with Gasteiger partial charge in [0, 0.05) is 13.1 Å². The fraction of sp³-hybridized carbons (Fsp3) is 0.500. The number of likely N-dealkylation sites (tertiary alicyclic amines) is 1. The number of methoxy groups -OCH3 is 1. The minimum absolute atomic E-state index is 0.00463. The Kier molecular flexibility index (Phi) is 4.12. The lowest BCUT2D eigenvalue weighted by atomic mass is 9.98. The quantitative estimate of drug-likeness (QED) is 0.771. The molecule has 1 aromatic carbocycles. The fourth-order valence-corrected chi connectivity index (χ4v) is 2.49. The van der Waals surface area contributed by atoms with Gasteiger partial charge in [-0.2, -0.15) is 0 Å². The third-order valence-electron chi connectivity index (χ3n) is 3.49. The van der Waals surface area contributed by atoms with Crippen molar-refractivity contribution in [2.45, 2.75) is 18.7 Å². The molecule has 1 heterocycles. The Hall–Kier alpha value is -1.22. The summed E-state index contributed by atoms with van der Waals surface area (Å²) < 4.78 is 5.22. The molecule has 1 aromatic rings. The first-order valence-corrected chi connectivity index (χ1v) is 6.63. The zero-order valence-corrected chi connectivity index (χ0v) is 11.5. The maximum Gasteiger partial charge on any atom is 0.257 e. The number of carbonyl (C=O) groups excluding carboxylic acids is 1. The van der Waals surface area contributed by atoms with Gasteiger partial charge in [-0.15, -0.1) is 11.6 Å². The number of hydrogen-bond acceptors (Lipinski definition) is 2. The molecule has 1 fully saturated rings. The van der Waals surface area contributed by atoms with Crippen LogP contribution in [0.2, 0.25) is 0 Å². The first-order chi connectivity index (χ1) is 8.63. The van der Waals surface area contributed by atoms with E-state index in [4.69, 9.17) is 16.3 Å². The SMILES string of the molecule is COc1ccccc1C(=O)N1CCC(C)C(Cl)C1. The van der Waals surface area contributed by atoms with E-state index in [9.17, 15) is 4.79 Å². The largest absolute Gasteiger partial charge is 0.496 e. The predicted molar refractivity (Wildman–Crippen MR) is 72.3 cm³/mol. The van der Waals surface area contributed by atoms with Crippen LogP contribution in [0.4, 0.5) is 0 Å². The molecule has 2 rings (SSSR count). The summed E-state index contributed by atoms with van der Waals surface area (Å²) in [7, 11) is 1.58. The van der Waals surface area contributed by atoms with Gasteiger partial charge < -0.3 is 9.64 Å². The van der Waals surface area contributed by atoms with Crippen molar-refractivity contribution in [1.82, 2.24) is 4.90 Å². The lowest BCUT2D eigenvalue weighted by Crippen LogP contribution is -2.43. The molecule has 0 bridgehead atoms. The molecule has 0 saturated carbocycles. The van der Waals surface area contributed by atoms with Crippen molar-refractivity contribution in [1.29, 1.82) is 0 Å². The number of benzene rings is 1. The summed E-state index contributed by atoms with van der Waals surface area (Å²) in [5, 5.41) is 0.0393. The second-order valence-corrected chi connectivity index (χ2v) is 5.29. The van der Waals surface area contributed by atoms with Crippen LogP contribution in [-0.2, 0) is 0 Å². The van der Waals surface area contributed by atoms with Gasteiger partial charge in [0.1, 0.15) is 5.75 Å². The van der Waals surface area contributed by atoms with Crippen molar-refractivity contribution in [3.05, 3.63) is 29.8 Å². The topological polar surface area (TPSA) is 29.5 Å². The van der Waals surface area contributed by atoms with Crippen LogP contribution >= 0.6 is 11.6 Å². The predicted octanol–water partition coefficient (Wildman–Crippen LogP) is 2.78. The van der Waals surface area contributed by atoms with Crippen LogP contribution in [0.1, 0.15) is 23.7 Å². The summed E-state index contributed by atoms with van der Waals surface area (Å²) in [5.41, 5.74) is 0.610. The summed E-state index contributed by atoms with van der Waals surface area (Å²) in [5.74, 6) is 1.09. The van der Waals surface area contributed by atoms with Gasteiger partial charge in [0.2, 0.25) is 0 Å². The van der Waals surface area contributed by atoms with Gasteiger partial charge in [-0.1, -0.05) is 19.1 Å². The molecule has 4 heteroatoms. The van der Waals surface area contributed by atoms with E-state index in [1.54, 1.807) is 19.2 Å². The molecule has 0 N–H and O–H groups in total. The Labute approximate surface area is 113 Å². The van der Waals surface area contributed by atoms with E-state index in [0.717, 1.165) is 13.0 Å². The highest BCUT2D eigenvalue weighted by atomic mass is 35.5. The van der Waals surface area contributed by atoms with E-state index in [1.165, 1.54) is 0 Å². The second-order valence-electron chi connectivity index (χ2n) is 4.73. The summed E-state index contributed by atoms with van der Waals surface area (Å²) in [6.45, 7) is 3.50. The van der Waals surface area contributed by atoms with Crippen LogP contribution in [0.5, 0.6) is 5.75 Å². The highest BCUT2D eigenvalue weighted by Gasteiger charge is 2.28. The molecule has 0 radical (unpaired) electrons. The molecule has 3 nitrogen and oxygen atoms in total. The van der Waals surface area contributed by atoms with Crippen LogP contribution in [-0.4, -0.2) is 36.4 Å². The number of hydrogen-bond donors (Lipinski definition) is 0. The number of ether oxygens (including phenoxy) is 1. The zero-order chi connectivity index (χ0) is 13.1. The highest BCUT2D eigenvalue weighted by molar-refractivity contribution is 6.21. The lowest BCUT2D eigenvalue weighted by molar-refractivity contribution is 0.0698. The van der Waals surface area contributed by atoms with E-state index >= 15 is 0 Å². The molecule has 18 heavy (non-hydrogen) atoms. The van der Waals surface area contributed by atoms with E-state index in [-0.39, 0.29) is 11.3 Å². The van der Waals surface area contributed by atoms with Crippen molar-refractivity contribution in [2.24, 2.45) is 5.92 Å². The molecular weight excluding hydrogens is 250 g/mol. The van der Waals surface area contributed by atoms with Crippen LogP contribution in [0.15, 0.2) is 24.3 Å². The Balaban J connectivity index is 2.16. The van der Waals surface area contributed by atoms with Gasteiger partial charge in [0.05, 0.1) is 18.1 Å². The van der Waals surface area contributed by atoms with Gasteiger partial charge in [-0.25, -0.2) is 0 Å². The summed E-state index contributed by atoms with van der Waals surface area (Å²) in [4.78, 5) is 14.2. The summed E-state index contributed by atoms with van der Waals surface area (Å²) in [6.07, 6.45) is 0.953. The number of rotatable bonds is 2. The standard InChI is InChI=1S/C14H18ClNO2/c1-10-7-8-16(9-12(10)15)14(17)11-5-3-4-6-13(11)18-2/h3-6,10,12H,7-9H2,1-2H3. The number of amides is 1. The monoisotopic (exact) mass is 267 g/mol. The molecular formula is C14H18ClNO2. The first-order valence-electron chi connectivity index (χ1n) is 6.20. The van der Waals surface area contributed by atoms with Crippen LogP contribution in [0, 0.1) is 5.92 Å². The van der Waals surface area contributed by atoms with Crippen molar-refractivity contribution in [3.63, 3.8) is 0 Å². The van der Waals surface area contributed by atoms with Crippen LogP contribution < -0.4 is 4.74 Å². The van der Waals surface area contributed by atoms with Gasteiger partial charge in [-0.3, -0.25) is 4.79 Å². The molecule has 1 saturated heterocycles. The number of nitrogens with zero attached hydrogens (tertiary/aromatic N) is 1. The second kappa shape index (κ2) is 5.61. The minimum atomic E-state index is 0.00463. The number of alkyl halides is 1. The molecule has 0 aliphatic carbocycles. The molecule has 98 valence electrons. The van der Waals surface area contributed by atoms with Gasteiger partial charge in [0.25, 0.3) is 5.91 Å². The molecule has 2 atom stereocenters. The van der Waals surface area contributed by atoms with E-state index < -0.39 is 0 Å². The number of halogens is 1. The Morgan fingerprint density at radius 1 is 1.44 bits per heavy atom. The number of para-hydroxylation sites is 1. The summed E-state index contributed by atoms with van der Waals surface area (Å²) in [6, 6.07) is 7.30. The Morgan fingerprint density at radius 3 is 2.83 bits per heavy atom. The third kappa shape index (κ3) is 2.61. The molecule has 1 aliphatic heterocycles. The smallest absolute Gasteiger partial charge is 0.257 e. The van der Waals surface area contributed by atoms with Gasteiger partial charge in [-0.05, 0) is 24.5 Å². The van der Waals surface area contributed by atoms with Crippen molar-refractivity contribution >= 4 is 17.5 Å². The highest BCUT2D eigenvalue weighted by Crippen LogP contribution is 2.25. The molecule has 1 amide bonds. The molecule has 0 aromatic heterocycles. The molecule has 1 aliphatic rings. The summed E-state index contributed by atoms with van der Waals surface area (Å²) >= 11 is 6.24. The van der Waals surface area contributed by atoms with Gasteiger partial charge in [0.15, 0.2) is 0 Å². The van der Waals surface area contributed by atoms with Crippen LogP contribution in [0.25, 0.3) is 0 Å². The Bertz CT molecular complexity index is 436. The molecule has 0 spiro atoms. The molecule has 2 unspecified atom stereocenters. The third-order valence-corrected chi connectivity index (χ3v) is 4.06. The zero-order valence-electron chi connectivity index (χ0n) is 10.7. The van der Waals surface area contributed by atoms with Crippen molar-refractivity contribution < 1.29 is 9.53 Å². The Morgan fingerprint density at radius 2 is 2.17 bits per heavy atom. The van der Waals surface area contributed by atoms with Crippen molar-refractivity contribution in [3.8, 4) is 5.75 Å². The number of piperidine rings is 1. The van der Waals surface area contributed by atoms with E-state index in [1.807, 2.05) is 17.0 Å². The van der Waals surface area contributed by atoms with Gasteiger partial charge >= 0.3 is 0 Å². The van der Waals surface area contributed by atoms with Crippen molar-refractivity contribution in [2.75, 3.05) is 20.2 Å². The lowest BCUT2D eigenvalue weighted by Gasteiger charge is -2.34. The number of carbonyl (C=O) groups is 1. The average Bonchev–Trinajstić information content (AvgIpc) is 2.41. The first kappa shape index (κ1) is 13.2. The van der Waals surface area contributed by atoms with E-state index in [0.29, 0.717) is 23.8 Å². The normalized spacial score (nSPS) is 23.8. The maximum absolute atomic E-state index is 12.4. The maximum atomic E-state index is 12.4.